The van der Waals surface area contributed by atoms with Crippen molar-refractivity contribution in [3.05, 3.63) is 24.5 Å². The number of ether oxygens (including phenoxy) is 1. The molecule has 0 saturated heterocycles. The topological polar surface area (TPSA) is 39.2 Å². The van der Waals surface area contributed by atoms with Gasteiger partial charge in [-0.2, -0.15) is 0 Å². The van der Waals surface area contributed by atoms with Gasteiger partial charge in [-0.15, -0.1) is 12.4 Å². The van der Waals surface area contributed by atoms with E-state index in [-0.39, 0.29) is 24.3 Å². The quantitative estimate of drug-likeness (QED) is 0.682. The fraction of sp³-hybridized carbons (Fsp3) is 0.333. The summed E-state index contributed by atoms with van der Waals surface area (Å²) in [5.41, 5.74) is 0. The molecule has 2 rings (SSSR count). The highest BCUT2D eigenvalue weighted by atomic mass is 35.5. The number of halogens is 1. The molecular weight excluding hydrogens is 190 g/mol. The normalized spacial score (nSPS) is 14.5. The molecule has 1 aliphatic rings. The van der Waals surface area contributed by atoms with Gasteiger partial charge in [0.15, 0.2) is 0 Å². The molecular formula is C9H10ClNO2. The summed E-state index contributed by atoms with van der Waals surface area (Å²) in [6, 6.07) is 3.36. The number of hydrogen-bond acceptors (Lipinski definition) is 3. The standard InChI is InChI=1S/C9H9NO2.ClH/c11-9(7-1-2-7)12-8-3-5-10-6-4-8;/h3-7H,1-2H2;1H. The van der Waals surface area contributed by atoms with Crippen molar-refractivity contribution in [2.75, 3.05) is 0 Å². The molecule has 1 fully saturated rings. The monoisotopic (exact) mass is 199 g/mol. The largest absolute Gasteiger partial charge is 0.426 e. The zero-order chi connectivity index (χ0) is 8.39. The van der Waals surface area contributed by atoms with E-state index in [9.17, 15) is 4.79 Å². The van der Waals surface area contributed by atoms with Crippen LogP contribution in [0.4, 0.5) is 0 Å². The lowest BCUT2D eigenvalue weighted by atomic mass is 10.4. The van der Waals surface area contributed by atoms with Gasteiger partial charge in [-0.25, -0.2) is 0 Å². The van der Waals surface area contributed by atoms with E-state index in [1.807, 2.05) is 0 Å². The second-order valence-electron chi connectivity index (χ2n) is 2.88. The van der Waals surface area contributed by atoms with Gasteiger partial charge in [0.2, 0.25) is 0 Å². The van der Waals surface area contributed by atoms with Crippen LogP contribution >= 0.6 is 12.4 Å². The lowest BCUT2D eigenvalue weighted by Crippen LogP contribution is -2.09. The maximum atomic E-state index is 11.1. The minimum atomic E-state index is -0.110. The van der Waals surface area contributed by atoms with Crippen molar-refractivity contribution in [2.24, 2.45) is 5.92 Å². The number of esters is 1. The Morgan fingerprint density at radius 1 is 1.38 bits per heavy atom. The van der Waals surface area contributed by atoms with Gasteiger partial charge in [0.25, 0.3) is 0 Å². The molecule has 0 aromatic carbocycles. The Morgan fingerprint density at radius 3 is 2.54 bits per heavy atom. The van der Waals surface area contributed by atoms with E-state index in [1.165, 1.54) is 0 Å². The molecule has 1 aromatic heterocycles. The van der Waals surface area contributed by atoms with E-state index in [2.05, 4.69) is 4.98 Å². The van der Waals surface area contributed by atoms with Crippen molar-refractivity contribution in [1.82, 2.24) is 4.98 Å². The maximum Gasteiger partial charge on any atom is 0.314 e. The zero-order valence-electron chi connectivity index (χ0n) is 6.97. The van der Waals surface area contributed by atoms with Crippen LogP contribution in [0.25, 0.3) is 0 Å². The molecule has 0 unspecified atom stereocenters. The van der Waals surface area contributed by atoms with Gasteiger partial charge in [-0.1, -0.05) is 0 Å². The highest BCUT2D eigenvalue weighted by molar-refractivity contribution is 5.85. The van der Waals surface area contributed by atoms with E-state index in [1.54, 1.807) is 24.5 Å². The predicted molar refractivity (Wildman–Crippen MR) is 49.8 cm³/mol. The third-order valence-electron chi connectivity index (χ3n) is 1.78. The Kier molecular flexibility index (Phi) is 3.25. The first kappa shape index (κ1) is 9.99. The van der Waals surface area contributed by atoms with Crippen molar-refractivity contribution < 1.29 is 9.53 Å². The summed E-state index contributed by atoms with van der Waals surface area (Å²) in [7, 11) is 0. The fourth-order valence-electron chi connectivity index (χ4n) is 0.925. The lowest BCUT2D eigenvalue weighted by Gasteiger charge is -2.00. The molecule has 0 N–H and O–H groups in total. The van der Waals surface area contributed by atoms with E-state index in [0.29, 0.717) is 5.75 Å². The summed E-state index contributed by atoms with van der Waals surface area (Å²) in [6.07, 6.45) is 5.17. The van der Waals surface area contributed by atoms with Crippen LogP contribution in [0.15, 0.2) is 24.5 Å². The molecule has 4 heteroatoms. The van der Waals surface area contributed by atoms with Crippen molar-refractivity contribution in [3.63, 3.8) is 0 Å². The van der Waals surface area contributed by atoms with Crippen LogP contribution in [-0.2, 0) is 4.79 Å². The molecule has 1 aromatic rings. The molecule has 3 nitrogen and oxygen atoms in total. The van der Waals surface area contributed by atoms with Crippen LogP contribution in [0.3, 0.4) is 0 Å². The first-order chi connectivity index (χ1) is 5.86. The Bertz CT molecular complexity index is 285. The Labute approximate surface area is 82.5 Å². The van der Waals surface area contributed by atoms with Crippen LogP contribution in [0.1, 0.15) is 12.8 Å². The molecule has 0 radical (unpaired) electrons. The van der Waals surface area contributed by atoms with Gasteiger partial charge in [0, 0.05) is 12.4 Å². The zero-order valence-corrected chi connectivity index (χ0v) is 7.79. The third-order valence-corrected chi connectivity index (χ3v) is 1.78. The summed E-state index contributed by atoms with van der Waals surface area (Å²) in [4.78, 5) is 15.0. The smallest absolute Gasteiger partial charge is 0.314 e. The van der Waals surface area contributed by atoms with E-state index in [4.69, 9.17) is 4.74 Å². The summed E-state index contributed by atoms with van der Waals surface area (Å²) in [6.45, 7) is 0. The van der Waals surface area contributed by atoms with Gasteiger partial charge < -0.3 is 4.74 Å². The number of carbonyl (C=O) groups is 1. The van der Waals surface area contributed by atoms with Gasteiger partial charge in [-0.3, -0.25) is 9.78 Å². The average Bonchev–Trinajstić information content (AvgIpc) is 2.88. The average molecular weight is 200 g/mol. The number of carbonyl (C=O) groups excluding carboxylic acids is 1. The highest BCUT2D eigenvalue weighted by Gasteiger charge is 2.31. The molecule has 0 spiro atoms. The van der Waals surface area contributed by atoms with Crippen molar-refractivity contribution >= 4 is 18.4 Å². The van der Waals surface area contributed by atoms with Crippen LogP contribution in [-0.4, -0.2) is 11.0 Å². The molecule has 13 heavy (non-hydrogen) atoms. The van der Waals surface area contributed by atoms with E-state index >= 15 is 0 Å². The SMILES string of the molecule is Cl.O=C(Oc1ccncc1)C1CC1. The first-order valence-electron chi connectivity index (χ1n) is 3.98. The van der Waals surface area contributed by atoms with Gasteiger partial charge in [-0.05, 0) is 25.0 Å². The number of hydrogen-bond donors (Lipinski definition) is 0. The molecule has 0 amide bonds. The molecule has 70 valence electrons. The lowest BCUT2D eigenvalue weighted by molar-refractivity contribution is -0.135. The fourth-order valence-corrected chi connectivity index (χ4v) is 0.925. The summed E-state index contributed by atoms with van der Waals surface area (Å²) >= 11 is 0. The highest BCUT2D eigenvalue weighted by Crippen LogP contribution is 2.30. The minimum Gasteiger partial charge on any atom is -0.426 e. The van der Waals surface area contributed by atoms with Gasteiger partial charge >= 0.3 is 5.97 Å². The van der Waals surface area contributed by atoms with Crippen molar-refractivity contribution in [1.29, 1.82) is 0 Å². The first-order valence-corrected chi connectivity index (χ1v) is 3.98. The summed E-state index contributed by atoms with van der Waals surface area (Å²) in [5.74, 6) is 0.626. The van der Waals surface area contributed by atoms with E-state index in [0.717, 1.165) is 12.8 Å². The number of rotatable bonds is 2. The van der Waals surface area contributed by atoms with Crippen LogP contribution in [0.2, 0.25) is 0 Å². The van der Waals surface area contributed by atoms with Crippen molar-refractivity contribution in [3.8, 4) is 5.75 Å². The second kappa shape index (κ2) is 4.23. The molecule has 0 bridgehead atoms. The Balaban J connectivity index is 0.000000845. The molecule has 1 aliphatic carbocycles. The molecule has 1 heterocycles. The van der Waals surface area contributed by atoms with Gasteiger partial charge in [0.1, 0.15) is 5.75 Å². The van der Waals surface area contributed by atoms with Crippen molar-refractivity contribution in [2.45, 2.75) is 12.8 Å². The number of nitrogens with zero attached hydrogens (tertiary/aromatic N) is 1. The Morgan fingerprint density at radius 2 is 2.00 bits per heavy atom. The minimum absolute atomic E-state index is 0. The molecule has 1 saturated carbocycles. The summed E-state index contributed by atoms with van der Waals surface area (Å²) < 4.78 is 5.06. The van der Waals surface area contributed by atoms with Gasteiger partial charge in [0.05, 0.1) is 5.92 Å². The maximum absolute atomic E-state index is 11.1. The third kappa shape index (κ3) is 2.70. The Hall–Kier alpha value is -1.09. The van der Waals surface area contributed by atoms with Crippen LogP contribution in [0, 0.1) is 5.92 Å². The number of pyridine rings is 1. The molecule has 0 atom stereocenters. The predicted octanol–water partition coefficient (Wildman–Crippen LogP) is 1.82. The molecule has 0 aliphatic heterocycles. The number of aromatic nitrogens is 1. The van der Waals surface area contributed by atoms with Crippen LogP contribution in [0.5, 0.6) is 5.75 Å². The summed E-state index contributed by atoms with van der Waals surface area (Å²) in [5, 5.41) is 0. The van der Waals surface area contributed by atoms with E-state index < -0.39 is 0 Å². The van der Waals surface area contributed by atoms with Crippen LogP contribution < -0.4 is 4.74 Å². The second-order valence-corrected chi connectivity index (χ2v) is 2.88.